The number of nitrogens with one attached hydrogen (secondary N) is 1. The number of ether oxygens (including phenoxy) is 2. The van der Waals surface area contributed by atoms with Crippen LogP contribution in [0.25, 0.3) is 22.2 Å². The minimum atomic E-state index is -0.922. The number of aromatic nitrogens is 3. The van der Waals surface area contributed by atoms with Gasteiger partial charge < -0.3 is 24.3 Å². The van der Waals surface area contributed by atoms with E-state index in [0.717, 1.165) is 47.2 Å². The molecule has 226 valence electrons. The van der Waals surface area contributed by atoms with Crippen LogP contribution in [0.5, 0.6) is 0 Å². The van der Waals surface area contributed by atoms with Crippen molar-refractivity contribution in [3.05, 3.63) is 81.8 Å². The molecule has 0 spiro atoms. The molecule has 2 atom stereocenters. The minimum absolute atomic E-state index is 0.210. The summed E-state index contributed by atoms with van der Waals surface area (Å²) in [5.74, 6) is -1.23. The number of para-hydroxylation sites is 1. The van der Waals surface area contributed by atoms with Gasteiger partial charge in [0.1, 0.15) is 0 Å². The van der Waals surface area contributed by atoms with Crippen LogP contribution in [0, 0.1) is 6.92 Å². The van der Waals surface area contributed by atoms with Crippen molar-refractivity contribution in [2.45, 2.75) is 83.6 Å². The van der Waals surface area contributed by atoms with E-state index in [-0.39, 0.29) is 5.56 Å². The normalized spacial score (nSPS) is 20.7. The summed E-state index contributed by atoms with van der Waals surface area (Å²) in [7, 11) is 0. The molecule has 42 heavy (non-hydrogen) atoms. The van der Waals surface area contributed by atoms with Gasteiger partial charge in [0.25, 0.3) is 5.56 Å². The average Bonchev–Trinajstić information content (AvgIpc) is 3.45. The standard InChI is InChI=1S/C34H45N3O5/c1-6-7-18-41-20-21-42-19-17-36-22(2)26(24-15-11-12-16-25(24)36)28-31(38)29(32(28)39)27-30(23-13-9-8-10-14-23)35-37(33(27)40)34(3,4)5/h8-16,28-29,31-32,35,38-39H,6-7,17-21H2,1-5H3. The molecule has 0 amide bonds. The molecule has 5 rings (SSSR count). The number of aromatic amines is 1. The Labute approximate surface area is 247 Å². The van der Waals surface area contributed by atoms with Crippen LogP contribution in [0.3, 0.4) is 0 Å². The lowest BCUT2D eigenvalue weighted by Crippen LogP contribution is -2.53. The molecule has 2 unspecified atom stereocenters. The predicted octanol–water partition coefficient (Wildman–Crippen LogP) is 5.30. The van der Waals surface area contributed by atoms with Crippen molar-refractivity contribution in [2.24, 2.45) is 0 Å². The molecular formula is C34H45N3O5. The summed E-state index contributed by atoms with van der Waals surface area (Å²) in [4.78, 5) is 13.8. The lowest BCUT2D eigenvalue weighted by atomic mass is 9.62. The number of hydrogen-bond acceptors (Lipinski definition) is 5. The van der Waals surface area contributed by atoms with Gasteiger partial charge in [-0.2, -0.15) is 0 Å². The quantitative estimate of drug-likeness (QED) is 0.199. The molecule has 0 bridgehead atoms. The molecule has 3 N–H and O–H groups in total. The SMILES string of the molecule is CCCCOCCOCCn1c(C)c(C2C(O)C(c3c(-c4ccccc4)[nH]n(C(C)(C)C)c3=O)C2O)c2ccccc21. The lowest BCUT2D eigenvalue weighted by molar-refractivity contribution is -0.0785. The molecule has 1 aliphatic rings. The summed E-state index contributed by atoms with van der Waals surface area (Å²) in [6, 6.07) is 17.7. The Hall–Kier alpha value is -3.17. The maximum Gasteiger partial charge on any atom is 0.271 e. The van der Waals surface area contributed by atoms with Gasteiger partial charge in [0.05, 0.1) is 48.8 Å². The molecule has 4 aromatic rings. The van der Waals surface area contributed by atoms with Crippen LogP contribution >= 0.6 is 0 Å². The number of aliphatic hydroxyl groups is 2. The molecule has 0 saturated heterocycles. The van der Waals surface area contributed by atoms with Crippen LogP contribution in [-0.4, -0.2) is 63.2 Å². The zero-order valence-corrected chi connectivity index (χ0v) is 25.5. The van der Waals surface area contributed by atoms with E-state index in [1.54, 1.807) is 4.68 Å². The van der Waals surface area contributed by atoms with Crippen molar-refractivity contribution < 1.29 is 19.7 Å². The molecule has 8 heteroatoms. The molecule has 0 aliphatic heterocycles. The Kier molecular flexibility index (Phi) is 9.08. The third-order valence-electron chi connectivity index (χ3n) is 8.55. The number of rotatable bonds is 12. The third kappa shape index (κ3) is 5.61. The summed E-state index contributed by atoms with van der Waals surface area (Å²) in [6.07, 6.45) is 0.326. The van der Waals surface area contributed by atoms with Gasteiger partial charge in [-0.3, -0.25) is 9.89 Å². The second kappa shape index (κ2) is 12.6. The smallest absolute Gasteiger partial charge is 0.271 e. The molecule has 8 nitrogen and oxygen atoms in total. The Morgan fingerprint density at radius 3 is 2.14 bits per heavy atom. The largest absolute Gasteiger partial charge is 0.392 e. The minimum Gasteiger partial charge on any atom is -0.392 e. The van der Waals surface area contributed by atoms with Gasteiger partial charge in [0.15, 0.2) is 0 Å². The van der Waals surface area contributed by atoms with E-state index in [4.69, 9.17) is 9.47 Å². The monoisotopic (exact) mass is 575 g/mol. The number of hydrogen-bond donors (Lipinski definition) is 3. The van der Waals surface area contributed by atoms with Crippen LogP contribution in [0.4, 0.5) is 0 Å². The van der Waals surface area contributed by atoms with Gasteiger partial charge in [-0.15, -0.1) is 0 Å². The molecule has 2 aromatic heterocycles. The lowest BCUT2D eigenvalue weighted by Gasteiger charge is -2.46. The van der Waals surface area contributed by atoms with Crippen molar-refractivity contribution in [3.8, 4) is 11.3 Å². The van der Waals surface area contributed by atoms with Crippen LogP contribution in [0.2, 0.25) is 0 Å². The predicted molar refractivity (Wildman–Crippen MR) is 166 cm³/mol. The second-order valence-corrected chi connectivity index (χ2v) is 12.4. The van der Waals surface area contributed by atoms with E-state index in [0.29, 0.717) is 37.6 Å². The first-order valence-electron chi connectivity index (χ1n) is 15.2. The van der Waals surface area contributed by atoms with Crippen molar-refractivity contribution in [3.63, 3.8) is 0 Å². The molecular weight excluding hydrogens is 530 g/mol. The molecule has 0 radical (unpaired) electrons. The molecule has 1 fully saturated rings. The number of fused-ring (bicyclic) bond motifs is 1. The number of H-pyrrole nitrogens is 1. The van der Waals surface area contributed by atoms with E-state index in [9.17, 15) is 15.0 Å². The average molecular weight is 576 g/mol. The number of benzene rings is 2. The van der Waals surface area contributed by atoms with Gasteiger partial charge in [-0.25, -0.2) is 4.68 Å². The first-order chi connectivity index (χ1) is 20.2. The van der Waals surface area contributed by atoms with E-state index in [1.807, 2.05) is 76.2 Å². The first-order valence-corrected chi connectivity index (χ1v) is 15.2. The van der Waals surface area contributed by atoms with E-state index >= 15 is 0 Å². The Bertz CT molecular complexity index is 1540. The fourth-order valence-electron chi connectivity index (χ4n) is 6.34. The number of unbranched alkanes of at least 4 members (excludes halogenated alkanes) is 1. The Balaban J connectivity index is 1.42. The maximum atomic E-state index is 13.8. The highest BCUT2D eigenvalue weighted by molar-refractivity contribution is 5.86. The fourth-order valence-corrected chi connectivity index (χ4v) is 6.34. The molecule has 2 aromatic carbocycles. The Morgan fingerprint density at radius 2 is 1.48 bits per heavy atom. The molecule has 2 heterocycles. The summed E-state index contributed by atoms with van der Waals surface area (Å²) in [5, 5.41) is 27.7. The zero-order valence-electron chi connectivity index (χ0n) is 25.5. The van der Waals surface area contributed by atoms with Crippen LogP contribution in [0.1, 0.15) is 69.2 Å². The van der Waals surface area contributed by atoms with Crippen LogP contribution in [0.15, 0.2) is 59.4 Å². The fraction of sp³-hybridized carbons (Fsp3) is 0.500. The summed E-state index contributed by atoms with van der Waals surface area (Å²) < 4.78 is 15.3. The topological polar surface area (TPSA) is 102 Å². The van der Waals surface area contributed by atoms with E-state index in [2.05, 4.69) is 22.7 Å². The number of nitrogens with zero attached hydrogens (tertiary/aromatic N) is 2. The first kappa shape index (κ1) is 30.3. The maximum absolute atomic E-state index is 13.8. The van der Waals surface area contributed by atoms with Crippen molar-refractivity contribution in [1.82, 2.24) is 14.3 Å². The Morgan fingerprint density at radius 1 is 0.857 bits per heavy atom. The van der Waals surface area contributed by atoms with Crippen LogP contribution < -0.4 is 5.56 Å². The molecule has 1 aliphatic carbocycles. The van der Waals surface area contributed by atoms with Gasteiger partial charge in [-0.1, -0.05) is 61.9 Å². The number of aliphatic hydroxyl groups excluding tert-OH is 2. The van der Waals surface area contributed by atoms with E-state index < -0.39 is 29.6 Å². The van der Waals surface area contributed by atoms with Crippen molar-refractivity contribution in [1.29, 1.82) is 0 Å². The highest BCUT2D eigenvalue weighted by Crippen LogP contribution is 2.52. The van der Waals surface area contributed by atoms with Crippen LogP contribution in [-0.2, 0) is 21.6 Å². The van der Waals surface area contributed by atoms with Gasteiger partial charge in [0, 0.05) is 41.6 Å². The second-order valence-electron chi connectivity index (χ2n) is 12.4. The van der Waals surface area contributed by atoms with Gasteiger partial charge in [-0.05, 0) is 51.3 Å². The molecule has 1 saturated carbocycles. The summed E-state index contributed by atoms with van der Waals surface area (Å²) in [5.41, 5.74) is 4.18. The van der Waals surface area contributed by atoms with E-state index in [1.165, 1.54) is 0 Å². The highest BCUT2D eigenvalue weighted by Gasteiger charge is 2.54. The summed E-state index contributed by atoms with van der Waals surface area (Å²) in [6.45, 7) is 13.1. The highest BCUT2D eigenvalue weighted by atomic mass is 16.5. The van der Waals surface area contributed by atoms with Gasteiger partial charge >= 0.3 is 0 Å². The van der Waals surface area contributed by atoms with Gasteiger partial charge in [0.2, 0.25) is 0 Å². The van der Waals surface area contributed by atoms with Crippen molar-refractivity contribution >= 4 is 10.9 Å². The zero-order chi connectivity index (χ0) is 30.0. The summed E-state index contributed by atoms with van der Waals surface area (Å²) >= 11 is 0. The van der Waals surface area contributed by atoms with Crippen molar-refractivity contribution in [2.75, 3.05) is 26.4 Å². The third-order valence-corrected chi connectivity index (χ3v) is 8.55.